The SMILES string of the molecule is CCCc1ccc(OCC(=O)Nc2ccc(OC)cc2[N+](=O)[O-])c(Br)c1. The first kappa shape index (κ1) is 19.7. The van der Waals surface area contributed by atoms with Gasteiger partial charge in [0.1, 0.15) is 17.2 Å². The molecule has 0 saturated heterocycles. The smallest absolute Gasteiger partial charge is 0.296 e. The van der Waals surface area contributed by atoms with Crippen LogP contribution in [-0.2, 0) is 11.2 Å². The number of aryl methyl sites for hydroxylation is 1. The molecule has 0 heterocycles. The molecule has 138 valence electrons. The molecule has 0 atom stereocenters. The molecule has 0 aliphatic carbocycles. The van der Waals surface area contributed by atoms with Crippen molar-refractivity contribution in [3.05, 3.63) is 56.5 Å². The number of amides is 1. The molecule has 0 radical (unpaired) electrons. The number of halogens is 1. The average molecular weight is 423 g/mol. The molecule has 0 aromatic heterocycles. The van der Waals surface area contributed by atoms with Crippen molar-refractivity contribution in [2.24, 2.45) is 0 Å². The van der Waals surface area contributed by atoms with E-state index in [1.54, 1.807) is 6.07 Å². The second kappa shape index (κ2) is 9.19. The summed E-state index contributed by atoms with van der Waals surface area (Å²) in [5.74, 6) is 0.370. The van der Waals surface area contributed by atoms with Gasteiger partial charge in [0.25, 0.3) is 11.6 Å². The Kier molecular flexibility index (Phi) is 6.97. The van der Waals surface area contributed by atoms with Gasteiger partial charge in [0.05, 0.1) is 22.6 Å². The number of nitro benzene ring substituents is 1. The average Bonchev–Trinajstić information content (AvgIpc) is 2.61. The molecular formula is C18H19BrN2O5. The highest BCUT2D eigenvalue weighted by molar-refractivity contribution is 9.10. The molecular weight excluding hydrogens is 404 g/mol. The van der Waals surface area contributed by atoms with Crippen molar-refractivity contribution in [3.63, 3.8) is 0 Å². The summed E-state index contributed by atoms with van der Waals surface area (Å²) < 4.78 is 11.2. The fourth-order valence-electron chi connectivity index (χ4n) is 2.33. The molecule has 0 spiro atoms. The molecule has 0 bridgehead atoms. The molecule has 0 aliphatic heterocycles. The first-order valence-electron chi connectivity index (χ1n) is 7.98. The largest absolute Gasteiger partial charge is 0.496 e. The monoisotopic (exact) mass is 422 g/mol. The van der Waals surface area contributed by atoms with Crippen molar-refractivity contribution >= 4 is 33.2 Å². The Morgan fingerprint density at radius 3 is 2.65 bits per heavy atom. The van der Waals surface area contributed by atoms with Gasteiger partial charge in [-0.05, 0) is 52.2 Å². The predicted octanol–water partition coefficient (Wildman–Crippen LogP) is 4.34. The van der Waals surface area contributed by atoms with Crippen molar-refractivity contribution < 1.29 is 19.2 Å². The summed E-state index contributed by atoms with van der Waals surface area (Å²) in [6.45, 7) is 1.83. The summed E-state index contributed by atoms with van der Waals surface area (Å²) >= 11 is 3.42. The van der Waals surface area contributed by atoms with Gasteiger partial charge in [0.2, 0.25) is 0 Å². The summed E-state index contributed by atoms with van der Waals surface area (Å²) in [6.07, 6.45) is 2.00. The van der Waals surface area contributed by atoms with Gasteiger partial charge in [-0.15, -0.1) is 0 Å². The van der Waals surface area contributed by atoms with E-state index in [0.29, 0.717) is 11.5 Å². The maximum Gasteiger partial charge on any atom is 0.296 e. The topological polar surface area (TPSA) is 90.7 Å². The minimum Gasteiger partial charge on any atom is -0.496 e. The van der Waals surface area contributed by atoms with Gasteiger partial charge >= 0.3 is 0 Å². The zero-order chi connectivity index (χ0) is 19.1. The van der Waals surface area contributed by atoms with Crippen molar-refractivity contribution in [3.8, 4) is 11.5 Å². The Hall–Kier alpha value is -2.61. The summed E-state index contributed by atoms with van der Waals surface area (Å²) in [7, 11) is 1.41. The molecule has 7 nitrogen and oxygen atoms in total. The van der Waals surface area contributed by atoms with Crippen LogP contribution in [0.25, 0.3) is 0 Å². The Bertz CT molecular complexity index is 810. The Labute approximate surface area is 159 Å². The lowest BCUT2D eigenvalue weighted by atomic mass is 10.1. The van der Waals surface area contributed by atoms with Crippen molar-refractivity contribution in [1.82, 2.24) is 0 Å². The van der Waals surface area contributed by atoms with Crippen LogP contribution in [-0.4, -0.2) is 24.5 Å². The molecule has 26 heavy (non-hydrogen) atoms. The Balaban J connectivity index is 2.02. The van der Waals surface area contributed by atoms with Crippen LogP contribution in [0, 0.1) is 10.1 Å². The summed E-state index contributed by atoms with van der Waals surface area (Å²) in [5.41, 5.74) is 1.01. The molecule has 0 aliphatic rings. The molecule has 0 saturated carbocycles. The van der Waals surface area contributed by atoms with Gasteiger partial charge in [-0.25, -0.2) is 0 Å². The Morgan fingerprint density at radius 2 is 2.04 bits per heavy atom. The lowest BCUT2D eigenvalue weighted by Gasteiger charge is -2.11. The Morgan fingerprint density at radius 1 is 1.27 bits per heavy atom. The van der Waals surface area contributed by atoms with E-state index in [0.717, 1.165) is 17.3 Å². The number of carbonyl (C=O) groups is 1. The number of anilines is 1. The van der Waals surface area contributed by atoms with Crippen LogP contribution in [0.5, 0.6) is 11.5 Å². The van der Waals surface area contributed by atoms with Crippen molar-refractivity contribution in [1.29, 1.82) is 0 Å². The van der Waals surface area contributed by atoms with E-state index in [4.69, 9.17) is 9.47 Å². The number of nitro groups is 1. The van der Waals surface area contributed by atoms with Crippen LogP contribution in [0.3, 0.4) is 0 Å². The molecule has 1 amide bonds. The highest BCUT2D eigenvalue weighted by Gasteiger charge is 2.17. The number of rotatable bonds is 8. The van der Waals surface area contributed by atoms with Gasteiger partial charge in [-0.1, -0.05) is 19.4 Å². The molecule has 2 aromatic rings. The van der Waals surface area contributed by atoms with Crippen LogP contribution >= 0.6 is 15.9 Å². The third-order valence-electron chi connectivity index (χ3n) is 3.57. The fraction of sp³-hybridized carbons (Fsp3) is 0.278. The van der Waals surface area contributed by atoms with Gasteiger partial charge < -0.3 is 14.8 Å². The lowest BCUT2D eigenvalue weighted by molar-refractivity contribution is -0.384. The van der Waals surface area contributed by atoms with Crippen molar-refractivity contribution in [2.75, 3.05) is 19.0 Å². The van der Waals surface area contributed by atoms with Crippen LogP contribution < -0.4 is 14.8 Å². The standard InChI is InChI=1S/C18H19BrN2O5/c1-3-4-12-5-8-17(14(19)9-12)26-11-18(22)20-15-7-6-13(25-2)10-16(15)21(23)24/h5-10H,3-4,11H2,1-2H3,(H,20,22). The molecule has 2 aromatic carbocycles. The number of nitrogens with zero attached hydrogens (tertiary/aromatic N) is 1. The maximum atomic E-state index is 12.1. The number of ether oxygens (including phenoxy) is 2. The van der Waals surface area contributed by atoms with Gasteiger partial charge in [-0.2, -0.15) is 0 Å². The summed E-state index contributed by atoms with van der Waals surface area (Å²) in [6, 6.07) is 9.88. The maximum absolute atomic E-state index is 12.1. The van der Waals surface area contributed by atoms with E-state index in [2.05, 4.69) is 28.2 Å². The third kappa shape index (κ3) is 5.19. The molecule has 8 heteroatoms. The third-order valence-corrected chi connectivity index (χ3v) is 4.19. The van der Waals surface area contributed by atoms with Gasteiger partial charge in [-0.3, -0.25) is 14.9 Å². The fourth-order valence-corrected chi connectivity index (χ4v) is 2.87. The van der Waals surface area contributed by atoms with Crippen LogP contribution in [0.15, 0.2) is 40.9 Å². The summed E-state index contributed by atoms with van der Waals surface area (Å²) in [4.78, 5) is 22.7. The second-order valence-corrected chi connectivity index (χ2v) is 6.35. The minimum absolute atomic E-state index is 0.0850. The molecule has 0 fully saturated rings. The number of methoxy groups -OCH3 is 1. The van der Waals surface area contributed by atoms with E-state index in [9.17, 15) is 14.9 Å². The lowest BCUT2D eigenvalue weighted by Crippen LogP contribution is -2.20. The van der Waals surface area contributed by atoms with Crippen molar-refractivity contribution in [2.45, 2.75) is 19.8 Å². The van der Waals surface area contributed by atoms with E-state index in [1.165, 1.54) is 30.9 Å². The normalized spacial score (nSPS) is 10.3. The van der Waals surface area contributed by atoms with Crippen LogP contribution in [0.2, 0.25) is 0 Å². The first-order chi connectivity index (χ1) is 12.4. The van der Waals surface area contributed by atoms with Gasteiger partial charge in [0, 0.05) is 0 Å². The molecule has 1 N–H and O–H groups in total. The summed E-state index contributed by atoms with van der Waals surface area (Å²) in [5, 5.41) is 13.6. The van der Waals surface area contributed by atoms with E-state index >= 15 is 0 Å². The quantitative estimate of drug-likeness (QED) is 0.504. The van der Waals surface area contributed by atoms with E-state index < -0.39 is 10.8 Å². The zero-order valence-electron chi connectivity index (χ0n) is 14.5. The number of hydrogen-bond donors (Lipinski definition) is 1. The minimum atomic E-state index is -0.581. The zero-order valence-corrected chi connectivity index (χ0v) is 16.0. The first-order valence-corrected chi connectivity index (χ1v) is 8.77. The number of hydrogen-bond acceptors (Lipinski definition) is 5. The van der Waals surface area contributed by atoms with Crippen LogP contribution in [0.4, 0.5) is 11.4 Å². The highest BCUT2D eigenvalue weighted by Crippen LogP contribution is 2.29. The second-order valence-electron chi connectivity index (χ2n) is 5.49. The molecule has 0 unspecified atom stereocenters. The predicted molar refractivity (Wildman–Crippen MR) is 102 cm³/mol. The number of carbonyl (C=O) groups excluding carboxylic acids is 1. The van der Waals surface area contributed by atoms with E-state index in [-0.39, 0.29) is 18.0 Å². The number of benzene rings is 2. The molecule has 2 rings (SSSR count). The highest BCUT2D eigenvalue weighted by atomic mass is 79.9. The van der Waals surface area contributed by atoms with E-state index in [1.807, 2.05) is 12.1 Å². The number of nitrogens with one attached hydrogen (secondary N) is 1. The van der Waals surface area contributed by atoms with Gasteiger partial charge in [0.15, 0.2) is 6.61 Å². The van der Waals surface area contributed by atoms with Crippen LogP contribution in [0.1, 0.15) is 18.9 Å².